The van der Waals surface area contributed by atoms with Gasteiger partial charge < -0.3 is 15.6 Å². The summed E-state index contributed by atoms with van der Waals surface area (Å²) in [6, 6.07) is 15.6. The van der Waals surface area contributed by atoms with E-state index in [-0.39, 0.29) is 6.54 Å². The third kappa shape index (κ3) is 3.56. The molecule has 3 N–H and O–H groups in total. The molecule has 0 bridgehead atoms. The first kappa shape index (κ1) is 13.6. The predicted molar refractivity (Wildman–Crippen MR) is 76.0 cm³/mol. The summed E-state index contributed by atoms with van der Waals surface area (Å²) in [5.41, 5.74) is 8.55. The van der Waals surface area contributed by atoms with Gasteiger partial charge >= 0.3 is 0 Å². The summed E-state index contributed by atoms with van der Waals surface area (Å²) in [4.78, 5) is 0. The van der Waals surface area contributed by atoms with Crippen molar-refractivity contribution in [2.75, 3.05) is 6.54 Å². The Morgan fingerprint density at radius 1 is 1.11 bits per heavy atom. The fraction of sp³-hybridized carbons (Fsp3) is 0.250. The molecule has 100 valence electrons. The second kappa shape index (κ2) is 6.36. The lowest BCUT2D eigenvalue weighted by molar-refractivity contribution is 0.178. The van der Waals surface area contributed by atoms with Crippen LogP contribution in [0.2, 0.25) is 0 Å². The van der Waals surface area contributed by atoms with E-state index in [1.807, 2.05) is 36.4 Å². The van der Waals surface area contributed by atoms with Crippen molar-refractivity contribution < 1.29 is 9.84 Å². The Kier molecular flexibility index (Phi) is 4.55. The molecule has 0 heterocycles. The zero-order valence-electron chi connectivity index (χ0n) is 11.0. The molecule has 0 aliphatic carbocycles. The second-order valence-corrected chi connectivity index (χ2v) is 4.56. The SMILES string of the molecule is Cc1ccc(COc2ccccc2C(O)CN)cc1. The molecule has 3 nitrogen and oxygen atoms in total. The monoisotopic (exact) mass is 257 g/mol. The van der Waals surface area contributed by atoms with Crippen LogP contribution in [-0.4, -0.2) is 11.7 Å². The minimum Gasteiger partial charge on any atom is -0.489 e. The quantitative estimate of drug-likeness (QED) is 0.865. The molecule has 0 aliphatic heterocycles. The average Bonchev–Trinajstić information content (AvgIpc) is 2.46. The van der Waals surface area contributed by atoms with Gasteiger partial charge in [-0.1, -0.05) is 48.0 Å². The molecule has 0 saturated heterocycles. The van der Waals surface area contributed by atoms with Crippen LogP contribution in [-0.2, 0) is 6.61 Å². The predicted octanol–water partition coefficient (Wildman–Crippen LogP) is 2.57. The summed E-state index contributed by atoms with van der Waals surface area (Å²) < 4.78 is 5.77. The number of aliphatic hydroxyl groups excluding tert-OH is 1. The average molecular weight is 257 g/mol. The third-order valence-electron chi connectivity index (χ3n) is 3.02. The van der Waals surface area contributed by atoms with Crippen LogP contribution >= 0.6 is 0 Å². The molecule has 19 heavy (non-hydrogen) atoms. The van der Waals surface area contributed by atoms with E-state index in [4.69, 9.17) is 10.5 Å². The van der Waals surface area contributed by atoms with Crippen LogP contribution in [0.3, 0.4) is 0 Å². The van der Waals surface area contributed by atoms with E-state index in [0.717, 1.165) is 11.1 Å². The highest BCUT2D eigenvalue weighted by molar-refractivity contribution is 5.35. The van der Waals surface area contributed by atoms with Crippen LogP contribution < -0.4 is 10.5 Å². The molecule has 0 aromatic heterocycles. The van der Waals surface area contributed by atoms with E-state index >= 15 is 0 Å². The van der Waals surface area contributed by atoms with Gasteiger partial charge in [-0.3, -0.25) is 0 Å². The maximum absolute atomic E-state index is 9.84. The molecule has 0 spiro atoms. The highest BCUT2D eigenvalue weighted by Gasteiger charge is 2.11. The van der Waals surface area contributed by atoms with E-state index in [1.165, 1.54) is 5.56 Å². The summed E-state index contributed by atoms with van der Waals surface area (Å²) in [5.74, 6) is 0.682. The Morgan fingerprint density at radius 2 is 1.79 bits per heavy atom. The molecule has 0 amide bonds. The summed E-state index contributed by atoms with van der Waals surface area (Å²) in [6.07, 6.45) is -0.686. The molecule has 0 fully saturated rings. The Hall–Kier alpha value is -1.84. The summed E-state index contributed by atoms with van der Waals surface area (Å²) in [5, 5.41) is 9.84. The van der Waals surface area contributed by atoms with Crippen LogP contribution in [0.5, 0.6) is 5.75 Å². The van der Waals surface area contributed by atoms with E-state index in [0.29, 0.717) is 12.4 Å². The molecular weight excluding hydrogens is 238 g/mol. The maximum Gasteiger partial charge on any atom is 0.125 e. The van der Waals surface area contributed by atoms with Gasteiger partial charge in [-0.2, -0.15) is 0 Å². The van der Waals surface area contributed by atoms with Crippen LogP contribution in [0.1, 0.15) is 22.8 Å². The van der Waals surface area contributed by atoms with Crippen LogP contribution in [0, 0.1) is 6.92 Å². The molecule has 2 rings (SSSR count). The van der Waals surface area contributed by atoms with Gasteiger partial charge in [0.1, 0.15) is 12.4 Å². The molecule has 1 unspecified atom stereocenters. The van der Waals surface area contributed by atoms with Crippen molar-refractivity contribution in [2.45, 2.75) is 19.6 Å². The Balaban J connectivity index is 2.09. The minimum absolute atomic E-state index is 0.185. The number of benzene rings is 2. The number of hydrogen-bond donors (Lipinski definition) is 2. The summed E-state index contributed by atoms with van der Waals surface area (Å²) in [7, 11) is 0. The molecule has 1 atom stereocenters. The number of hydrogen-bond acceptors (Lipinski definition) is 3. The Bertz CT molecular complexity index is 523. The number of aryl methyl sites for hydroxylation is 1. The number of nitrogens with two attached hydrogens (primary N) is 1. The third-order valence-corrected chi connectivity index (χ3v) is 3.02. The lowest BCUT2D eigenvalue weighted by Gasteiger charge is -2.14. The molecule has 0 aliphatic rings. The van der Waals surface area contributed by atoms with Crippen molar-refractivity contribution >= 4 is 0 Å². The molecule has 2 aromatic carbocycles. The van der Waals surface area contributed by atoms with Crippen molar-refractivity contribution in [3.05, 3.63) is 65.2 Å². The number of rotatable bonds is 5. The topological polar surface area (TPSA) is 55.5 Å². The van der Waals surface area contributed by atoms with Crippen molar-refractivity contribution in [2.24, 2.45) is 5.73 Å². The molecule has 0 radical (unpaired) electrons. The fourth-order valence-corrected chi connectivity index (χ4v) is 1.86. The lowest BCUT2D eigenvalue weighted by Crippen LogP contribution is -2.12. The standard InChI is InChI=1S/C16H19NO2/c1-12-6-8-13(9-7-12)11-19-16-5-3-2-4-14(16)15(18)10-17/h2-9,15,18H,10-11,17H2,1H3. The van der Waals surface area contributed by atoms with Crippen LogP contribution in [0.4, 0.5) is 0 Å². The normalized spacial score (nSPS) is 12.2. The van der Waals surface area contributed by atoms with Gasteiger partial charge in [0.15, 0.2) is 0 Å². The van der Waals surface area contributed by atoms with Gasteiger partial charge in [-0.05, 0) is 18.6 Å². The lowest BCUT2D eigenvalue weighted by atomic mass is 10.1. The molecule has 2 aromatic rings. The van der Waals surface area contributed by atoms with Gasteiger partial charge in [0, 0.05) is 12.1 Å². The first-order valence-electron chi connectivity index (χ1n) is 6.36. The first-order valence-corrected chi connectivity index (χ1v) is 6.36. The van der Waals surface area contributed by atoms with E-state index in [1.54, 1.807) is 0 Å². The molecular formula is C16H19NO2. The summed E-state index contributed by atoms with van der Waals surface area (Å²) >= 11 is 0. The Labute approximate surface area is 113 Å². The highest BCUT2D eigenvalue weighted by Crippen LogP contribution is 2.25. The highest BCUT2D eigenvalue weighted by atomic mass is 16.5. The second-order valence-electron chi connectivity index (χ2n) is 4.56. The van der Waals surface area contributed by atoms with Crippen LogP contribution in [0.15, 0.2) is 48.5 Å². The number of ether oxygens (including phenoxy) is 1. The van der Waals surface area contributed by atoms with Gasteiger partial charge in [0.25, 0.3) is 0 Å². The zero-order chi connectivity index (χ0) is 13.7. The van der Waals surface area contributed by atoms with Crippen molar-refractivity contribution in [3.8, 4) is 5.75 Å². The van der Waals surface area contributed by atoms with Gasteiger partial charge in [-0.15, -0.1) is 0 Å². The largest absolute Gasteiger partial charge is 0.489 e. The van der Waals surface area contributed by atoms with E-state index in [9.17, 15) is 5.11 Å². The van der Waals surface area contributed by atoms with Gasteiger partial charge in [0.05, 0.1) is 6.10 Å². The van der Waals surface area contributed by atoms with Crippen molar-refractivity contribution in [1.82, 2.24) is 0 Å². The number of para-hydroxylation sites is 1. The van der Waals surface area contributed by atoms with Gasteiger partial charge in [-0.25, -0.2) is 0 Å². The van der Waals surface area contributed by atoms with E-state index in [2.05, 4.69) is 19.1 Å². The smallest absolute Gasteiger partial charge is 0.125 e. The fourth-order valence-electron chi connectivity index (χ4n) is 1.86. The minimum atomic E-state index is -0.686. The van der Waals surface area contributed by atoms with Crippen molar-refractivity contribution in [3.63, 3.8) is 0 Å². The van der Waals surface area contributed by atoms with Crippen molar-refractivity contribution in [1.29, 1.82) is 0 Å². The maximum atomic E-state index is 9.84. The summed E-state index contributed by atoms with van der Waals surface area (Å²) in [6.45, 7) is 2.72. The van der Waals surface area contributed by atoms with Gasteiger partial charge in [0.2, 0.25) is 0 Å². The Morgan fingerprint density at radius 3 is 2.47 bits per heavy atom. The zero-order valence-corrected chi connectivity index (χ0v) is 11.0. The van der Waals surface area contributed by atoms with E-state index < -0.39 is 6.10 Å². The van der Waals surface area contributed by atoms with Crippen LogP contribution in [0.25, 0.3) is 0 Å². The first-order chi connectivity index (χ1) is 9.20. The number of aliphatic hydroxyl groups is 1. The molecule has 3 heteroatoms. The molecule has 0 saturated carbocycles.